The van der Waals surface area contributed by atoms with E-state index in [1.54, 1.807) is 48.5 Å². The normalized spacial score (nSPS) is 14.6. The molecule has 0 aromatic heterocycles. The maximum Gasteiger partial charge on any atom is 0.343 e. The van der Waals surface area contributed by atoms with Crippen LogP contribution in [0.3, 0.4) is 0 Å². The fourth-order valence-electron chi connectivity index (χ4n) is 3.39. The van der Waals surface area contributed by atoms with E-state index in [4.69, 9.17) is 21.1 Å². The van der Waals surface area contributed by atoms with E-state index in [9.17, 15) is 14.4 Å². The summed E-state index contributed by atoms with van der Waals surface area (Å²) in [6, 6.07) is 18.9. The summed E-state index contributed by atoms with van der Waals surface area (Å²) in [6.45, 7) is 2.16. The van der Waals surface area contributed by atoms with Crippen LogP contribution in [0, 0.1) is 6.92 Å². The van der Waals surface area contributed by atoms with Crippen molar-refractivity contribution in [1.29, 1.82) is 0 Å². The molecule has 0 unspecified atom stereocenters. The van der Waals surface area contributed by atoms with Gasteiger partial charge in [0.2, 0.25) is 0 Å². The lowest BCUT2D eigenvalue weighted by Gasteiger charge is -2.13. The fourth-order valence-corrected chi connectivity index (χ4v) is 4.35. The summed E-state index contributed by atoms with van der Waals surface area (Å²) in [5.41, 5.74) is 2.85. The standard InChI is InChI=1S/C26H20ClNO5S/c1-16-4-3-5-18(12-16)15-28-24(29)23(34-26(28)31)14-17-6-11-21(32-2)22(13-17)33-25(30)19-7-9-20(27)10-8-19/h3-14H,15H2,1-2H3/b23-14-. The van der Waals surface area contributed by atoms with Gasteiger partial charge in [0.1, 0.15) is 0 Å². The van der Waals surface area contributed by atoms with Gasteiger partial charge in [-0.3, -0.25) is 14.5 Å². The van der Waals surface area contributed by atoms with Gasteiger partial charge in [0, 0.05) is 5.02 Å². The lowest BCUT2D eigenvalue weighted by atomic mass is 10.1. The van der Waals surface area contributed by atoms with Crippen LogP contribution >= 0.6 is 23.4 Å². The van der Waals surface area contributed by atoms with E-state index < -0.39 is 5.97 Å². The number of ether oxygens (including phenoxy) is 2. The molecule has 1 heterocycles. The summed E-state index contributed by atoms with van der Waals surface area (Å²) in [5.74, 6) is -0.403. The minimum atomic E-state index is -0.578. The Bertz CT molecular complexity index is 1300. The quantitative estimate of drug-likeness (QED) is 0.234. The van der Waals surface area contributed by atoms with Crippen molar-refractivity contribution < 1.29 is 23.9 Å². The molecule has 0 saturated carbocycles. The molecule has 1 fully saturated rings. The zero-order valence-corrected chi connectivity index (χ0v) is 20.0. The molecule has 1 aliphatic heterocycles. The average Bonchev–Trinajstić information content (AvgIpc) is 3.07. The Morgan fingerprint density at radius 1 is 1.03 bits per heavy atom. The van der Waals surface area contributed by atoms with Gasteiger partial charge in [-0.1, -0.05) is 47.5 Å². The van der Waals surface area contributed by atoms with Gasteiger partial charge in [0.05, 0.1) is 24.1 Å². The third-order valence-electron chi connectivity index (χ3n) is 5.06. The highest BCUT2D eigenvalue weighted by atomic mass is 35.5. The molecule has 4 rings (SSSR count). The first-order chi connectivity index (χ1) is 16.3. The second-order valence-electron chi connectivity index (χ2n) is 7.56. The van der Waals surface area contributed by atoms with E-state index in [0.29, 0.717) is 21.9 Å². The second-order valence-corrected chi connectivity index (χ2v) is 8.99. The zero-order chi connectivity index (χ0) is 24.2. The Morgan fingerprint density at radius 3 is 2.50 bits per heavy atom. The number of hydrogen-bond acceptors (Lipinski definition) is 6. The van der Waals surface area contributed by atoms with Crippen molar-refractivity contribution in [2.24, 2.45) is 0 Å². The van der Waals surface area contributed by atoms with Crippen LogP contribution in [0.2, 0.25) is 5.02 Å². The van der Waals surface area contributed by atoms with Crippen molar-refractivity contribution in [2.45, 2.75) is 13.5 Å². The molecule has 172 valence electrons. The van der Waals surface area contributed by atoms with Gasteiger partial charge in [-0.25, -0.2) is 4.79 Å². The van der Waals surface area contributed by atoms with Crippen molar-refractivity contribution in [3.63, 3.8) is 0 Å². The molecule has 1 aliphatic rings. The molecular formula is C26H20ClNO5S. The second kappa shape index (κ2) is 10.2. The number of amides is 2. The molecule has 1 saturated heterocycles. The third kappa shape index (κ3) is 5.32. The number of aryl methyl sites for hydroxylation is 1. The molecule has 0 bridgehead atoms. The van der Waals surface area contributed by atoms with Crippen LogP contribution in [-0.4, -0.2) is 29.1 Å². The van der Waals surface area contributed by atoms with Crippen LogP contribution < -0.4 is 9.47 Å². The summed E-state index contributed by atoms with van der Waals surface area (Å²) in [6.07, 6.45) is 1.60. The number of carbonyl (C=O) groups is 3. The predicted molar refractivity (Wildman–Crippen MR) is 132 cm³/mol. The molecule has 0 spiro atoms. The van der Waals surface area contributed by atoms with Crippen molar-refractivity contribution in [3.8, 4) is 11.5 Å². The van der Waals surface area contributed by atoms with Crippen molar-refractivity contribution in [3.05, 3.63) is 98.9 Å². The number of imide groups is 1. The lowest BCUT2D eigenvalue weighted by Crippen LogP contribution is -2.27. The number of carbonyl (C=O) groups excluding carboxylic acids is 3. The minimum absolute atomic E-state index is 0.190. The first kappa shape index (κ1) is 23.6. The maximum absolute atomic E-state index is 12.9. The molecule has 0 aliphatic carbocycles. The topological polar surface area (TPSA) is 72.9 Å². The lowest BCUT2D eigenvalue weighted by molar-refractivity contribution is -0.123. The van der Waals surface area contributed by atoms with Crippen LogP contribution in [-0.2, 0) is 11.3 Å². The summed E-state index contributed by atoms with van der Waals surface area (Å²) in [4.78, 5) is 39.4. The van der Waals surface area contributed by atoms with E-state index in [2.05, 4.69) is 0 Å². The molecule has 2 amide bonds. The highest BCUT2D eigenvalue weighted by Gasteiger charge is 2.35. The number of rotatable bonds is 6. The van der Waals surface area contributed by atoms with Crippen molar-refractivity contribution in [2.75, 3.05) is 7.11 Å². The maximum atomic E-state index is 12.9. The zero-order valence-electron chi connectivity index (χ0n) is 18.4. The highest BCUT2D eigenvalue weighted by Crippen LogP contribution is 2.35. The Balaban J connectivity index is 1.55. The molecule has 3 aromatic carbocycles. The number of benzene rings is 3. The van der Waals surface area contributed by atoms with Gasteiger partial charge >= 0.3 is 5.97 Å². The van der Waals surface area contributed by atoms with Gasteiger partial charge < -0.3 is 9.47 Å². The first-order valence-electron chi connectivity index (χ1n) is 10.3. The van der Waals surface area contributed by atoms with Crippen LogP contribution in [0.4, 0.5) is 4.79 Å². The van der Waals surface area contributed by atoms with Gasteiger partial charge in [-0.2, -0.15) is 0 Å². The molecule has 34 heavy (non-hydrogen) atoms. The number of esters is 1. The van der Waals surface area contributed by atoms with Gasteiger partial charge in [-0.05, 0) is 72.3 Å². The highest BCUT2D eigenvalue weighted by molar-refractivity contribution is 8.18. The van der Waals surface area contributed by atoms with E-state index in [0.717, 1.165) is 22.9 Å². The molecule has 0 N–H and O–H groups in total. The summed E-state index contributed by atoms with van der Waals surface area (Å²) in [7, 11) is 1.46. The summed E-state index contributed by atoms with van der Waals surface area (Å²) < 4.78 is 10.8. The van der Waals surface area contributed by atoms with E-state index in [-0.39, 0.29) is 28.3 Å². The molecule has 0 radical (unpaired) electrons. The third-order valence-corrected chi connectivity index (χ3v) is 6.22. The monoisotopic (exact) mass is 493 g/mol. The SMILES string of the molecule is COc1ccc(/C=C2\SC(=O)N(Cc3cccc(C)c3)C2=O)cc1OC(=O)c1ccc(Cl)cc1. The van der Waals surface area contributed by atoms with Gasteiger partial charge in [0.25, 0.3) is 11.1 Å². The van der Waals surface area contributed by atoms with Crippen LogP contribution in [0.5, 0.6) is 11.5 Å². The summed E-state index contributed by atoms with van der Waals surface area (Å²) >= 11 is 6.75. The predicted octanol–water partition coefficient (Wildman–Crippen LogP) is 6.11. The number of hydrogen-bond donors (Lipinski definition) is 0. The fraction of sp³-hybridized carbons (Fsp3) is 0.115. The smallest absolute Gasteiger partial charge is 0.343 e. The number of methoxy groups -OCH3 is 1. The average molecular weight is 494 g/mol. The first-order valence-corrected chi connectivity index (χ1v) is 11.5. The van der Waals surface area contributed by atoms with Gasteiger partial charge in [-0.15, -0.1) is 0 Å². The van der Waals surface area contributed by atoms with Crippen LogP contribution in [0.1, 0.15) is 27.0 Å². The van der Waals surface area contributed by atoms with Crippen molar-refractivity contribution in [1.82, 2.24) is 4.90 Å². The molecule has 0 atom stereocenters. The Labute approximate surface area is 206 Å². The summed E-state index contributed by atoms with van der Waals surface area (Å²) in [5, 5.41) is 0.174. The molecule has 3 aromatic rings. The minimum Gasteiger partial charge on any atom is -0.493 e. The van der Waals surface area contributed by atoms with E-state index >= 15 is 0 Å². The Morgan fingerprint density at radius 2 is 1.79 bits per heavy atom. The van der Waals surface area contributed by atoms with Crippen molar-refractivity contribution >= 4 is 46.6 Å². The molecule has 8 heteroatoms. The Hall–Kier alpha value is -3.55. The van der Waals surface area contributed by atoms with Crippen LogP contribution in [0.25, 0.3) is 6.08 Å². The number of thioether (sulfide) groups is 1. The largest absolute Gasteiger partial charge is 0.493 e. The molecular weight excluding hydrogens is 474 g/mol. The van der Waals surface area contributed by atoms with E-state index in [1.165, 1.54) is 12.0 Å². The molecule has 6 nitrogen and oxygen atoms in total. The van der Waals surface area contributed by atoms with E-state index in [1.807, 2.05) is 31.2 Å². The number of halogens is 1. The van der Waals surface area contributed by atoms with Gasteiger partial charge in [0.15, 0.2) is 11.5 Å². The van der Waals surface area contributed by atoms with Crippen LogP contribution in [0.15, 0.2) is 71.6 Å². The Kier molecular flexibility index (Phi) is 7.05. The number of nitrogens with zero attached hydrogens (tertiary/aromatic N) is 1.